The summed E-state index contributed by atoms with van der Waals surface area (Å²) < 4.78 is 2.02. The van der Waals surface area contributed by atoms with Crippen molar-refractivity contribution in [2.24, 2.45) is 4.99 Å². The lowest BCUT2D eigenvalue weighted by atomic mass is 9.96. The van der Waals surface area contributed by atoms with Gasteiger partial charge in [-0.2, -0.15) is 5.10 Å². The molecule has 0 saturated heterocycles. The Bertz CT molecular complexity index is 661. The van der Waals surface area contributed by atoms with Crippen LogP contribution >= 0.6 is 0 Å². The number of fused-ring (bicyclic) bond motifs is 1. The number of nitrogens with zero attached hydrogens (tertiary/aromatic N) is 5. The van der Waals surface area contributed by atoms with E-state index in [1.54, 1.807) is 19.0 Å². The van der Waals surface area contributed by atoms with Crippen molar-refractivity contribution in [1.82, 2.24) is 30.3 Å². The molecule has 1 aliphatic heterocycles. The fourth-order valence-corrected chi connectivity index (χ4v) is 3.68. The van der Waals surface area contributed by atoms with Gasteiger partial charge in [-0.05, 0) is 19.3 Å². The number of carbonyl (C=O) groups is 1. The van der Waals surface area contributed by atoms with Crippen LogP contribution in [0.25, 0.3) is 0 Å². The SMILES string of the molecule is CCc1nc2n(n1)CC(NC(=NCC(=O)N(C)C)NC1CCCCC1)CC2. The molecule has 8 nitrogen and oxygen atoms in total. The van der Waals surface area contributed by atoms with Crippen LogP contribution in [0.3, 0.4) is 0 Å². The maximum Gasteiger partial charge on any atom is 0.243 e. The van der Waals surface area contributed by atoms with Gasteiger partial charge in [0.15, 0.2) is 11.8 Å². The maximum absolute atomic E-state index is 12.0. The van der Waals surface area contributed by atoms with Gasteiger partial charge in [0.05, 0.1) is 6.54 Å². The maximum atomic E-state index is 12.0. The number of guanidine groups is 1. The molecule has 1 atom stereocenters. The lowest BCUT2D eigenvalue weighted by Gasteiger charge is -2.29. The van der Waals surface area contributed by atoms with Crippen molar-refractivity contribution in [3.8, 4) is 0 Å². The first-order chi connectivity index (χ1) is 13.0. The van der Waals surface area contributed by atoms with Crippen LogP contribution in [0.4, 0.5) is 0 Å². The number of nitrogens with one attached hydrogen (secondary N) is 2. The van der Waals surface area contributed by atoms with Gasteiger partial charge in [-0.3, -0.25) is 4.79 Å². The predicted molar refractivity (Wildman–Crippen MR) is 106 cm³/mol. The summed E-state index contributed by atoms with van der Waals surface area (Å²) in [6, 6.07) is 0.685. The lowest BCUT2D eigenvalue weighted by molar-refractivity contribution is -0.127. The van der Waals surface area contributed by atoms with E-state index >= 15 is 0 Å². The number of carbonyl (C=O) groups excluding carboxylic acids is 1. The van der Waals surface area contributed by atoms with Crippen molar-refractivity contribution >= 4 is 11.9 Å². The fraction of sp³-hybridized carbons (Fsp3) is 0.789. The van der Waals surface area contributed by atoms with Gasteiger partial charge in [0.1, 0.15) is 12.4 Å². The summed E-state index contributed by atoms with van der Waals surface area (Å²) in [5, 5.41) is 11.7. The number of rotatable bonds is 5. The number of aliphatic imine (C=N–C) groups is 1. The van der Waals surface area contributed by atoms with E-state index in [1.165, 1.54) is 32.1 Å². The average molecular weight is 376 g/mol. The van der Waals surface area contributed by atoms with Gasteiger partial charge in [0, 0.05) is 39.0 Å². The predicted octanol–water partition coefficient (Wildman–Crippen LogP) is 1.11. The van der Waals surface area contributed by atoms with Gasteiger partial charge >= 0.3 is 0 Å². The minimum absolute atomic E-state index is 0.00883. The number of likely N-dealkylation sites (N-methyl/N-ethyl adjacent to an activating group) is 1. The monoisotopic (exact) mass is 375 g/mol. The van der Waals surface area contributed by atoms with Crippen LogP contribution in [0.5, 0.6) is 0 Å². The Labute approximate surface area is 161 Å². The van der Waals surface area contributed by atoms with Crippen molar-refractivity contribution < 1.29 is 4.79 Å². The third-order valence-corrected chi connectivity index (χ3v) is 5.38. The van der Waals surface area contributed by atoms with Crippen LogP contribution in [0.15, 0.2) is 4.99 Å². The summed E-state index contributed by atoms with van der Waals surface area (Å²) >= 11 is 0. The Balaban J connectivity index is 1.64. The number of hydrogen-bond acceptors (Lipinski definition) is 4. The first-order valence-electron chi connectivity index (χ1n) is 10.3. The van der Waals surface area contributed by atoms with Crippen LogP contribution in [0, 0.1) is 0 Å². The Morgan fingerprint density at radius 3 is 2.63 bits per heavy atom. The highest BCUT2D eigenvalue weighted by atomic mass is 16.2. The van der Waals surface area contributed by atoms with Crippen LogP contribution in [0.1, 0.15) is 57.1 Å². The molecule has 27 heavy (non-hydrogen) atoms. The average Bonchev–Trinajstić information content (AvgIpc) is 3.09. The molecule has 1 aromatic rings. The molecule has 0 spiro atoms. The van der Waals surface area contributed by atoms with Gasteiger partial charge < -0.3 is 15.5 Å². The summed E-state index contributed by atoms with van der Waals surface area (Å²) in [6.45, 7) is 3.03. The largest absolute Gasteiger partial charge is 0.354 e. The molecule has 1 amide bonds. The van der Waals surface area contributed by atoms with Gasteiger partial charge in [0.25, 0.3) is 0 Å². The van der Waals surface area contributed by atoms with Crippen molar-refractivity contribution in [2.75, 3.05) is 20.6 Å². The van der Waals surface area contributed by atoms with Gasteiger partial charge in [0.2, 0.25) is 5.91 Å². The molecular formula is C19H33N7O. The van der Waals surface area contributed by atoms with Crippen molar-refractivity contribution in [3.63, 3.8) is 0 Å². The lowest BCUT2D eigenvalue weighted by Crippen LogP contribution is -2.50. The molecule has 0 bridgehead atoms. The molecule has 2 heterocycles. The smallest absolute Gasteiger partial charge is 0.243 e. The Kier molecular flexibility index (Phi) is 6.68. The third-order valence-electron chi connectivity index (χ3n) is 5.38. The highest BCUT2D eigenvalue weighted by Gasteiger charge is 2.23. The molecule has 0 radical (unpaired) electrons. The summed E-state index contributed by atoms with van der Waals surface area (Å²) in [4.78, 5) is 22.7. The first kappa shape index (κ1) is 19.6. The van der Waals surface area contributed by atoms with E-state index in [4.69, 9.17) is 0 Å². The molecule has 1 aromatic heterocycles. The summed E-state index contributed by atoms with van der Waals surface area (Å²) in [7, 11) is 3.52. The van der Waals surface area contributed by atoms with Gasteiger partial charge in [-0.15, -0.1) is 0 Å². The fourth-order valence-electron chi connectivity index (χ4n) is 3.68. The first-order valence-corrected chi connectivity index (χ1v) is 10.3. The summed E-state index contributed by atoms with van der Waals surface area (Å²) in [5.74, 6) is 2.75. The van der Waals surface area contributed by atoms with E-state index in [2.05, 4.69) is 32.6 Å². The second-order valence-electron chi connectivity index (χ2n) is 7.79. The normalized spacial score (nSPS) is 20.9. The van der Waals surface area contributed by atoms with Crippen LogP contribution in [-0.4, -0.2) is 64.3 Å². The second kappa shape index (κ2) is 9.19. The van der Waals surface area contributed by atoms with Crippen molar-refractivity contribution in [3.05, 3.63) is 11.6 Å². The van der Waals surface area contributed by atoms with E-state index < -0.39 is 0 Å². The zero-order valence-electron chi connectivity index (χ0n) is 16.9. The summed E-state index contributed by atoms with van der Waals surface area (Å²) in [6.07, 6.45) is 8.93. The minimum Gasteiger partial charge on any atom is -0.354 e. The molecule has 1 fully saturated rings. The van der Waals surface area contributed by atoms with E-state index in [9.17, 15) is 4.79 Å². The molecule has 8 heteroatoms. The van der Waals surface area contributed by atoms with Crippen LogP contribution < -0.4 is 10.6 Å². The number of hydrogen-bond donors (Lipinski definition) is 2. The second-order valence-corrected chi connectivity index (χ2v) is 7.79. The van der Waals surface area contributed by atoms with Crippen molar-refractivity contribution in [2.45, 2.75) is 76.9 Å². The molecule has 1 aliphatic carbocycles. The van der Waals surface area contributed by atoms with E-state index in [0.29, 0.717) is 6.04 Å². The molecular weight excluding hydrogens is 342 g/mol. The van der Waals surface area contributed by atoms with E-state index in [0.717, 1.165) is 43.4 Å². The minimum atomic E-state index is 0.00883. The number of amides is 1. The molecule has 3 rings (SSSR count). The highest BCUT2D eigenvalue weighted by Crippen LogP contribution is 2.18. The molecule has 1 saturated carbocycles. The van der Waals surface area contributed by atoms with E-state index in [-0.39, 0.29) is 18.5 Å². The zero-order valence-corrected chi connectivity index (χ0v) is 16.9. The molecule has 1 unspecified atom stereocenters. The Morgan fingerprint density at radius 1 is 1.19 bits per heavy atom. The Morgan fingerprint density at radius 2 is 1.93 bits per heavy atom. The van der Waals surface area contributed by atoms with E-state index in [1.807, 2.05) is 4.68 Å². The quantitative estimate of drug-likeness (QED) is 0.595. The molecule has 2 aliphatic rings. The van der Waals surface area contributed by atoms with Gasteiger partial charge in [-0.25, -0.2) is 14.7 Å². The standard InChI is InChI=1S/C19H33N7O/c1-4-16-23-17-11-10-15(13-26(17)24-16)22-19(20-12-18(27)25(2)3)21-14-8-6-5-7-9-14/h14-15H,4-13H2,1-3H3,(H2,20,21,22). The highest BCUT2D eigenvalue weighted by molar-refractivity contribution is 5.85. The molecule has 0 aromatic carbocycles. The number of aromatic nitrogens is 3. The van der Waals surface area contributed by atoms with Gasteiger partial charge in [-0.1, -0.05) is 26.2 Å². The Hall–Kier alpha value is -2.12. The molecule has 150 valence electrons. The zero-order chi connectivity index (χ0) is 19.2. The van der Waals surface area contributed by atoms with Crippen LogP contribution in [0.2, 0.25) is 0 Å². The molecule has 2 N–H and O–H groups in total. The summed E-state index contributed by atoms with van der Waals surface area (Å²) in [5.41, 5.74) is 0. The third kappa shape index (κ3) is 5.43. The van der Waals surface area contributed by atoms with Crippen LogP contribution in [-0.2, 0) is 24.2 Å². The number of aryl methyl sites for hydroxylation is 2. The topological polar surface area (TPSA) is 87.4 Å². The van der Waals surface area contributed by atoms with Crippen molar-refractivity contribution in [1.29, 1.82) is 0 Å².